The Kier molecular flexibility index (Phi) is 2.17. The Bertz CT molecular complexity index is 542. The van der Waals surface area contributed by atoms with Gasteiger partial charge in [0, 0.05) is 29.6 Å². The molecule has 0 saturated heterocycles. The number of benzene rings is 1. The summed E-state index contributed by atoms with van der Waals surface area (Å²) in [5.41, 5.74) is 3.79. The van der Waals surface area contributed by atoms with Crippen LogP contribution < -0.4 is 5.32 Å². The number of carbonyl (C=O) groups is 1. The number of hydrogen-bond donors (Lipinski definition) is 2. The lowest BCUT2D eigenvalue weighted by Gasteiger charge is -2.10. The minimum Gasteiger partial charge on any atom is -0.358 e. The van der Waals surface area contributed by atoms with E-state index in [0.717, 1.165) is 19.4 Å². The van der Waals surface area contributed by atoms with Crippen molar-refractivity contribution in [2.24, 2.45) is 0 Å². The predicted molar refractivity (Wildman–Crippen MR) is 63.3 cm³/mol. The number of H-pyrrole nitrogens is 1. The lowest BCUT2D eigenvalue weighted by molar-refractivity contribution is -0.121. The Hall–Kier alpha value is -1.77. The molecule has 3 heteroatoms. The zero-order valence-electron chi connectivity index (χ0n) is 9.05. The number of rotatable bonds is 0. The summed E-state index contributed by atoms with van der Waals surface area (Å²) in [6, 6.07) is 8.34. The number of aromatic amines is 1. The monoisotopic (exact) mass is 214 g/mol. The van der Waals surface area contributed by atoms with Crippen LogP contribution in [0.1, 0.15) is 17.7 Å². The van der Waals surface area contributed by atoms with Gasteiger partial charge in [-0.2, -0.15) is 0 Å². The van der Waals surface area contributed by atoms with Crippen LogP contribution in [-0.2, 0) is 17.6 Å². The summed E-state index contributed by atoms with van der Waals surface area (Å²) >= 11 is 0. The maximum atomic E-state index is 11.3. The van der Waals surface area contributed by atoms with E-state index in [1.807, 2.05) is 6.07 Å². The zero-order valence-corrected chi connectivity index (χ0v) is 9.05. The van der Waals surface area contributed by atoms with Crippen LogP contribution in [0.2, 0.25) is 0 Å². The number of fused-ring (bicyclic) bond motifs is 3. The Morgan fingerprint density at radius 2 is 1.94 bits per heavy atom. The van der Waals surface area contributed by atoms with E-state index in [0.29, 0.717) is 6.42 Å². The van der Waals surface area contributed by atoms with Crippen LogP contribution in [0.4, 0.5) is 0 Å². The second-order valence-corrected chi connectivity index (χ2v) is 4.23. The van der Waals surface area contributed by atoms with Gasteiger partial charge in [0.25, 0.3) is 0 Å². The van der Waals surface area contributed by atoms with Crippen molar-refractivity contribution in [2.45, 2.75) is 19.3 Å². The molecule has 1 aromatic carbocycles. The first-order valence-corrected chi connectivity index (χ1v) is 5.70. The number of carbonyl (C=O) groups excluding carboxylic acids is 1. The van der Waals surface area contributed by atoms with Crippen LogP contribution in [-0.4, -0.2) is 17.4 Å². The first-order valence-electron chi connectivity index (χ1n) is 5.70. The van der Waals surface area contributed by atoms with Gasteiger partial charge in [-0.15, -0.1) is 0 Å². The molecule has 0 bridgehead atoms. The summed E-state index contributed by atoms with van der Waals surface area (Å²) in [5, 5.41) is 4.23. The molecular weight excluding hydrogens is 200 g/mol. The SMILES string of the molecule is O=C1CCc2[nH]c3ccccc3c2CCN1. The van der Waals surface area contributed by atoms with Gasteiger partial charge in [0.1, 0.15) is 0 Å². The fraction of sp³-hybridized carbons (Fsp3) is 0.308. The summed E-state index contributed by atoms with van der Waals surface area (Å²) < 4.78 is 0. The van der Waals surface area contributed by atoms with Gasteiger partial charge >= 0.3 is 0 Å². The maximum Gasteiger partial charge on any atom is 0.220 e. The van der Waals surface area contributed by atoms with E-state index in [4.69, 9.17) is 0 Å². The van der Waals surface area contributed by atoms with E-state index >= 15 is 0 Å². The first kappa shape index (κ1) is 9.46. The molecule has 0 atom stereocenters. The second kappa shape index (κ2) is 3.67. The minimum atomic E-state index is 0.157. The molecule has 0 saturated carbocycles. The number of para-hydroxylation sites is 1. The van der Waals surface area contributed by atoms with E-state index < -0.39 is 0 Å². The highest BCUT2D eigenvalue weighted by molar-refractivity contribution is 5.85. The lowest BCUT2D eigenvalue weighted by Crippen LogP contribution is -2.27. The summed E-state index contributed by atoms with van der Waals surface area (Å²) in [6.45, 7) is 0.744. The smallest absolute Gasteiger partial charge is 0.220 e. The molecule has 2 aromatic rings. The largest absolute Gasteiger partial charge is 0.358 e. The molecule has 0 aliphatic carbocycles. The van der Waals surface area contributed by atoms with Crippen molar-refractivity contribution >= 4 is 16.8 Å². The van der Waals surface area contributed by atoms with Crippen molar-refractivity contribution in [1.82, 2.24) is 10.3 Å². The Balaban J connectivity index is 2.11. The van der Waals surface area contributed by atoms with Crippen LogP contribution in [0.5, 0.6) is 0 Å². The topological polar surface area (TPSA) is 44.9 Å². The van der Waals surface area contributed by atoms with Gasteiger partial charge < -0.3 is 10.3 Å². The predicted octanol–water partition coefficient (Wildman–Crippen LogP) is 1.77. The second-order valence-electron chi connectivity index (χ2n) is 4.23. The summed E-state index contributed by atoms with van der Waals surface area (Å²) in [7, 11) is 0. The van der Waals surface area contributed by atoms with Gasteiger partial charge in [-0.05, 0) is 24.5 Å². The van der Waals surface area contributed by atoms with Crippen LogP contribution in [0.3, 0.4) is 0 Å². The highest BCUT2D eigenvalue weighted by Gasteiger charge is 2.15. The van der Waals surface area contributed by atoms with Crippen molar-refractivity contribution in [2.75, 3.05) is 6.54 Å². The molecule has 1 aromatic heterocycles. The van der Waals surface area contributed by atoms with Gasteiger partial charge in [-0.3, -0.25) is 4.79 Å². The lowest BCUT2D eigenvalue weighted by atomic mass is 10.0. The Labute approximate surface area is 93.9 Å². The molecule has 3 nitrogen and oxygen atoms in total. The molecule has 0 fully saturated rings. The molecule has 0 radical (unpaired) electrons. The highest BCUT2D eigenvalue weighted by atomic mass is 16.1. The molecule has 3 rings (SSSR count). The highest BCUT2D eigenvalue weighted by Crippen LogP contribution is 2.24. The van der Waals surface area contributed by atoms with Crippen molar-refractivity contribution in [3.05, 3.63) is 35.5 Å². The van der Waals surface area contributed by atoms with E-state index in [-0.39, 0.29) is 5.91 Å². The van der Waals surface area contributed by atoms with Gasteiger partial charge in [-0.25, -0.2) is 0 Å². The Morgan fingerprint density at radius 1 is 1.06 bits per heavy atom. The quantitative estimate of drug-likeness (QED) is 0.689. The maximum absolute atomic E-state index is 11.3. The van der Waals surface area contributed by atoms with Gasteiger partial charge in [0.2, 0.25) is 5.91 Å². The third-order valence-electron chi connectivity index (χ3n) is 3.20. The first-order chi connectivity index (χ1) is 7.84. The molecule has 1 aliphatic heterocycles. The minimum absolute atomic E-state index is 0.157. The summed E-state index contributed by atoms with van der Waals surface area (Å²) in [4.78, 5) is 14.8. The normalized spacial score (nSPS) is 16.4. The summed E-state index contributed by atoms with van der Waals surface area (Å²) in [5.74, 6) is 0.157. The van der Waals surface area contributed by atoms with Crippen molar-refractivity contribution in [3.63, 3.8) is 0 Å². The molecule has 16 heavy (non-hydrogen) atoms. The fourth-order valence-corrected chi connectivity index (χ4v) is 2.41. The molecule has 1 aliphatic rings. The average molecular weight is 214 g/mol. The number of aryl methyl sites for hydroxylation is 1. The van der Waals surface area contributed by atoms with E-state index in [9.17, 15) is 4.79 Å². The molecule has 2 N–H and O–H groups in total. The van der Waals surface area contributed by atoms with Gasteiger partial charge in [0.15, 0.2) is 0 Å². The summed E-state index contributed by atoms with van der Waals surface area (Å²) in [6.07, 6.45) is 2.32. The third-order valence-corrected chi connectivity index (χ3v) is 3.20. The van der Waals surface area contributed by atoms with E-state index in [2.05, 4.69) is 28.5 Å². The number of nitrogens with one attached hydrogen (secondary N) is 2. The fourth-order valence-electron chi connectivity index (χ4n) is 2.41. The zero-order chi connectivity index (χ0) is 11.0. The average Bonchev–Trinajstić information content (AvgIpc) is 2.62. The van der Waals surface area contributed by atoms with Gasteiger partial charge in [0.05, 0.1) is 0 Å². The molecule has 82 valence electrons. The van der Waals surface area contributed by atoms with Crippen LogP contribution in [0, 0.1) is 0 Å². The van der Waals surface area contributed by atoms with E-state index in [1.54, 1.807) is 0 Å². The molecule has 1 amide bonds. The van der Waals surface area contributed by atoms with Crippen LogP contribution in [0.25, 0.3) is 10.9 Å². The van der Waals surface area contributed by atoms with Gasteiger partial charge in [-0.1, -0.05) is 18.2 Å². The van der Waals surface area contributed by atoms with Crippen LogP contribution in [0.15, 0.2) is 24.3 Å². The Morgan fingerprint density at radius 3 is 2.88 bits per heavy atom. The van der Waals surface area contributed by atoms with Crippen molar-refractivity contribution < 1.29 is 4.79 Å². The molecule has 2 heterocycles. The van der Waals surface area contributed by atoms with E-state index in [1.165, 1.54) is 22.2 Å². The van der Waals surface area contributed by atoms with Crippen molar-refractivity contribution in [1.29, 1.82) is 0 Å². The third kappa shape index (κ3) is 1.48. The molecular formula is C13H14N2O. The molecule has 0 unspecified atom stereocenters. The number of aromatic nitrogens is 1. The number of hydrogen-bond acceptors (Lipinski definition) is 1. The molecule has 0 spiro atoms. The van der Waals surface area contributed by atoms with Crippen LogP contribution >= 0.6 is 0 Å². The van der Waals surface area contributed by atoms with Crippen molar-refractivity contribution in [3.8, 4) is 0 Å². The number of amides is 1. The standard InChI is InChI=1S/C13H14N2O/c16-13-6-5-12-10(7-8-14-13)9-3-1-2-4-11(9)15-12/h1-4,15H,5-8H2,(H,14,16).